The van der Waals surface area contributed by atoms with E-state index in [1.807, 2.05) is 13.8 Å². The summed E-state index contributed by atoms with van der Waals surface area (Å²) in [6.45, 7) is 3.76. The summed E-state index contributed by atoms with van der Waals surface area (Å²) < 4.78 is 6.33. The third-order valence-corrected chi connectivity index (χ3v) is 3.54. The van der Waals surface area contributed by atoms with Gasteiger partial charge >= 0.3 is 5.76 Å². The second kappa shape index (κ2) is 8.28. The Morgan fingerprint density at radius 1 is 1.31 bits per heavy atom. The lowest BCUT2D eigenvalue weighted by Crippen LogP contribution is -2.39. The van der Waals surface area contributed by atoms with Gasteiger partial charge in [0.1, 0.15) is 0 Å². The Labute approximate surface area is 148 Å². The van der Waals surface area contributed by atoms with Gasteiger partial charge in [0.25, 0.3) is 5.69 Å². The predicted molar refractivity (Wildman–Crippen MR) is 92.7 cm³/mol. The number of nitrogens with zero attached hydrogens (tertiary/aromatic N) is 2. The Hall–Kier alpha value is -3.17. The number of fused-ring (bicyclic) bond motifs is 1. The summed E-state index contributed by atoms with van der Waals surface area (Å²) in [5.74, 6) is -1.22. The first-order valence-corrected chi connectivity index (χ1v) is 8.11. The van der Waals surface area contributed by atoms with Crippen LogP contribution in [0.2, 0.25) is 0 Å². The fourth-order valence-corrected chi connectivity index (χ4v) is 2.42. The summed E-state index contributed by atoms with van der Waals surface area (Å²) in [4.78, 5) is 45.3. The summed E-state index contributed by atoms with van der Waals surface area (Å²) in [5.41, 5.74) is 0.383. The van der Waals surface area contributed by atoms with Crippen LogP contribution in [0.4, 0.5) is 5.69 Å². The van der Waals surface area contributed by atoms with E-state index in [1.54, 1.807) is 0 Å². The van der Waals surface area contributed by atoms with Crippen molar-refractivity contribution in [3.05, 3.63) is 38.9 Å². The van der Waals surface area contributed by atoms with Crippen molar-refractivity contribution in [3.8, 4) is 0 Å². The van der Waals surface area contributed by atoms with Crippen LogP contribution >= 0.6 is 0 Å². The molecule has 140 valence electrons. The number of nitro groups is 1. The predicted octanol–water partition coefficient (Wildman–Crippen LogP) is 0.924. The maximum Gasteiger partial charge on any atom is 0.419 e. The maximum atomic E-state index is 11.9. The van der Waals surface area contributed by atoms with E-state index in [0.29, 0.717) is 11.9 Å². The largest absolute Gasteiger partial charge is 0.419 e. The number of aromatic nitrogens is 1. The highest BCUT2D eigenvalue weighted by Crippen LogP contribution is 2.20. The molecule has 2 aromatic rings. The number of oxazole rings is 1. The highest BCUT2D eigenvalue weighted by molar-refractivity contribution is 5.84. The molecule has 0 saturated heterocycles. The molecule has 0 atom stereocenters. The monoisotopic (exact) mass is 364 g/mol. The van der Waals surface area contributed by atoms with Gasteiger partial charge in [-0.15, -0.1) is 0 Å². The van der Waals surface area contributed by atoms with E-state index in [-0.39, 0.29) is 48.6 Å². The normalized spacial score (nSPS) is 10.9. The average Bonchev–Trinajstić information content (AvgIpc) is 2.87. The number of rotatable bonds is 8. The maximum absolute atomic E-state index is 11.9. The SMILES string of the molecule is CC(C)NC(=O)CNC(=O)CCCn1c(=O)oc2cc([N+](=O)[O-])ccc21. The minimum absolute atomic E-state index is 0.00327. The van der Waals surface area contributed by atoms with Crippen molar-refractivity contribution in [2.24, 2.45) is 0 Å². The van der Waals surface area contributed by atoms with Crippen LogP contribution in [-0.4, -0.2) is 33.9 Å². The minimum atomic E-state index is -0.641. The van der Waals surface area contributed by atoms with Crippen molar-refractivity contribution in [1.82, 2.24) is 15.2 Å². The summed E-state index contributed by atoms with van der Waals surface area (Å²) in [5, 5.41) is 15.9. The van der Waals surface area contributed by atoms with Gasteiger partial charge in [0.2, 0.25) is 11.8 Å². The van der Waals surface area contributed by atoms with Gasteiger partial charge in [0, 0.05) is 25.1 Å². The van der Waals surface area contributed by atoms with Crippen LogP contribution in [0.15, 0.2) is 27.4 Å². The molecule has 0 spiro atoms. The number of carbonyl (C=O) groups is 2. The van der Waals surface area contributed by atoms with E-state index in [4.69, 9.17) is 4.42 Å². The molecule has 0 radical (unpaired) electrons. The lowest BCUT2D eigenvalue weighted by atomic mass is 10.2. The van der Waals surface area contributed by atoms with Gasteiger partial charge in [-0.3, -0.25) is 24.3 Å². The molecule has 0 aliphatic carbocycles. The standard InChI is InChI=1S/C16H20N4O6/c1-10(2)18-15(22)9-17-14(21)4-3-7-19-12-6-5-11(20(24)25)8-13(12)26-16(19)23/h5-6,8,10H,3-4,7,9H2,1-2H3,(H,17,21)(H,18,22). The van der Waals surface area contributed by atoms with Crippen molar-refractivity contribution in [3.63, 3.8) is 0 Å². The second-order valence-corrected chi connectivity index (χ2v) is 6.03. The molecule has 1 aromatic carbocycles. The fourth-order valence-electron chi connectivity index (χ4n) is 2.42. The van der Waals surface area contributed by atoms with Gasteiger partial charge in [0.05, 0.1) is 23.1 Å². The Morgan fingerprint density at radius 3 is 2.69 bits per heavy atom. The Bertz CT molecular complexity index is 882. The Kier molecular flexibility index (Phi) is 6.10. The molecular weight excluding hydrogens is 344 g/mol. The molecule has 0 aliphatic rings. The summed E-state index contributed by atoms with van der Waals surface area (Å²) in [6, 6.07) is 3.91. The first kappa shape index (κ1) is 19.2. The highest BCUT2D eigenvalue weighted by atomic mass is 16.6. The topological polar surface area (TPSA) is 136 Å². The van der Waals surface area contributed by atoms with E-state index in [2.05, 4.69) is 10.6 Å². The number of amides is 2. The van der Waals surface area contributed by atoms with E-state index in [9.17, 15) is 24.5 Å². The first-order chi connectivity index (χ1) is 12.3. The van der Waals surface area contributed by atoms with E-state index in [1.165, 1.54) is 22.8 Å². The smallest absolute Gasteiger partial charge is 0.407 e. The van der Waals surface area contributed by atoms with Gasteiger partial charge in [0.15, 0.2) is 5.58 Å². The average molecular weight is 364 g/mol. The first-order valence-electron chi connectivity index (χ1n) is 8.11. The second-order valence-electron chi connectivity index (χ2n) is 6.03. The number of benzene rings is 1. The third-order valence-electron chi connectivity index (χ3n) is 3.54. The molecule has 2 amide bonds. The van der Waals surface area contributed by atoms with Crippen LogP contribution in [0, 0.1) is 10.1 Å². The van der Waals surface area contributed by atoms with Gasteiger partial charge in [-0.05, 0) is 26.3 Å². The van der Waals surface area contributed by atoms with Crippen LogP contribution in [0.1, 0.15) is 26.7 Å². The van der Waals surface area contributed by atoms with Gasteiger partial charge in [-0.2, -0.15) is 0 Å². The molecule has 0 bridgehead atoms. The minimum Gasteiger partial charge on any atom is -0.407 e. The lowest BCUT2D eigenvalue weighted by Gasteiger charge is -2.09. The molecule has 26 heavy (non-hydrogen) atoms. The molecule has 10 nitrogen and oxygen atoms in total. The number of non-ortho nitro benzene ring substituents is 1. The zero-order chi connectivity index (χ0) is 19.3. The van der Waals surface area contributed by atoms with Gasteiger partial charge in [-0.25, -0.2) is 4.79 Å². The number of hydrogen-bond acceptors (Lipinski definition) is 6. The third kappa shape index (κ3) is 4.91. The van der Waals surface area contributed by atoms with Crippen LogP contribution in [0.25, 0.3) is 11.1 Å². The summed E-state index contributed by atoms with van der Waals surface area (Å²) in [6.07, 6.45) is 0.476. The Balaban J connectivity index is 1.90. The molecular formula is C16H20N4O6. The molecule has 0 aliphatic heterocycles. The van der Waals surface area contributed by atoms with E-state index < -0.39 is 10.7 Å². The van der Waals surface area contributed by atoms with Crippen molar-refractivity contribution in [2.45, 2.75) is 39.3 Å². The zero-order valence-electron chi connectivity index (χ0n) is 14.5. The molecule has 0 unspecified atom stereocenters. The van der Waals surface area contributed by atoms with Crippen LogP contribution < -0.4 is 16.4 Å². The number of nitro benzene ring substituents is 1. The van der Waals surface area contributed by atoms with Gasteiger partial charge < -0.3 is 15.1 Å². The van der Waals surface area contributed by atoms with Crippen LogP contribution in [-0.2, 0) is 16.1 Å². The van der Waals surface area contributed by atoms with Crippen LogP contribution in [0.3, 0.4) is 0 Å². The summed E-state index contributed by atoms with van der Waals surface area (Å²) in [7, 11) is 0. The molecule has 2 N–H and O–H groups in total. The number of nitrogens with one attached hydrogen (secondary N) is 2. The van der Waals surface area contributed by atoms with E-state index >= 15 is 0 Å². The molecule has 2 rings (SSSR count). The number of aryl methyl sites for hydroxylation is 1. The molecule has 1 aromatic heterocycles. The van der Waals surface area contributed by atoms with Crippen molar-refractivity contribution < 1.29 is 18.9 Å². The number of hydrogen-bond donors (Lipinski definition) is 2. The van der Waals surface area contributed by atoms with E-state index in [0.717, 1.165) is 0 Å². The van der Waals surface area contributed by atoms with Crippen molar-refractivity contribution in [1.29, 1.82) is 0 Å². The van der Waals surface area contributed by atoms with Crippen molar-refractivity contribution in [2.75, 3.05) is 6.54 Å². The van der Waals surface area contributed by atoms with Gasteiger partial charge in [-0.1, -0.05) is 0 Å². The molecule has 0 fully saturated rings. The highest BCUT2D eigenvalue weighted by Gasteiger charge is 2.14. The van der Waals surface area contributed by atoms with Crippen molar-refractivity contribution >= 4 is 28.6 Å². The number of carbonyl (C=O) groups excluding carboxylic acids is 2. The van der Waals surface area contributed by atoms with Crippen LogP contribution in [0.5, 0.6) is 0 Å². The lowest BCUT2D eigenvalue weighted by molar-refractivity contribution is -0.384. The molecule has 0 saturated carbocycles. The quantitative estimate of drug-likeness (QED) is 0.528. The molecule has 1 heterocycles. The molecule has 10 heteroatoms. The summed E-state index contributed by atoms with van der Waals surface area (Å²) >= 11 is 0. The zero-order valence-corrected chi connectivity index (χ0v) is 14.5. The Morgan fingerprint density at radius 2 is 2.04 bits per heavy atom. The fraction of sp³-hybridized carbons (Fsp3) is 0.438.